The first kappa shape index (κ1) is 18.0. The lowest BCUT2D eigenvalue weighted by atomic mass is 10.1. The molecule has 1 N–H and O–H groups in total. The topological polar surface area (TPSA) is 58.6 Å². The van der Waals surface area contributed by atoms with E-state index in [1.807, 2.05) is 56.3 Å². The maximum Gasteiger partial charge on any atom is 0.227 e. The number of hydrogen-bond donors (Lipinski definition) is 1. The van der Waals surface area contributed by atoms with Crippen molar-refractivity contribution in [2.45, 2.75) is 26.8 Å². The SMILES string of the molecule is COc1cccc(CNC(=O)[C@@H]2CC(=O)N(c3ccc(C)c(C)c3)C2)c1. The lowest BCUT2D eigenvalue weighted by Crippen LogP contribution is -2.32. The third-order valence-electron chi connectivity index (χ3n) is 4.90. The van der Waals surface area contributed by atoms with E-state index in [1.54, 1.807) is 12.0 Å². The minimum Gasteiger partial charge on any atom is -0.497 e. The van der Waals surface area contributed by atoms with E-state index in [9.17, 15) is 9.59 Å². The fraction of sp³-hybridized carbons (Fsp3) is 0.333. The Bertz CT molecular complexity index is 832. The zero-order valence-electron chi connectivity index (χ0n) is 15.4. The first-order chi connectivity index (χ1) is 12.5. The van der Waals surface area contributed by atoms with E-state index in [4.69, 9.17) is 4.74 Å². The number of anilines is 1. The van der Waals surface area contributed by atoms with Gasteiger partial charge in [-0.1, -0.05) is 18.2 Å². The van der Waals surface area contributed by atoms with Gasteiger partial charge in [0.25, 0.3) is 0 Å². The number of carbonyl (C=O) groups is 2. The summed E-state index contributed by atoms with van der Waals surface area (Å²) in [4.78, 5) is 26.6. The van der Waals surface area contributed by atoms with E-state index in [-0.39, 0.29) is 24.2 Å². The monoisotopic (exact) mass is 352 g/mol. The molecule has 5 nitrogen and oxygen atoms in total. The molecule has 0 radical (unpaired) electrons. The normalized spacial score (nSPS) is 16.7. The Balaban J connectivity index is 1.62. The summed E-state index contributed by atoms with van der Waals surface area (Å²) >= 11 is 0. The number of benzene rings is 2. The fourth-order valence-corrected chi connectivity index (χ4v) is 3.14. The van der Waals surface area contributed by atoms with Gasteiger partial charge < -0.3 is 15.0 Å². The van der Waals surface area contributed by atoms with E-state index in [2.05, 4.69) is 5.32 Å². The quantitative estimate of drug-likeness (QED) is 0.900. The number of nitrogens with zero attached hydrogens (tertiary/aromatic N) is 1. The molecule has 3 rings (SSSR count). The van der Waals surface area contributed by atoms with E-state index in [1.165, 1.54) is 5.56 Å². The summed E-state index contributed by atoms with van der Waals surface area (Å²) in [5.41, 5.74) is 4.16. The highest BCUT2D eigenvalue weighted by Crippen LogP contribution is 2.27. The summed E-state index contributed by atoms with van der Waals surface area (Å²) < 4.78 is 5.19. The van der Waals surface area contributed by atoms with Crippen LogP contribution >= 0.6 is 0 Å². The van der Waals surface area contributed by atoms with Crippen molar-refractivity contribution >= 4 is 17.5 Å². The standard InChI is InChI=1S/C21H24N2O3/c1-14-7-8-18(9-15(14)2)23-13-17(11-20(23)24)21(25)22-12-16-5-4-6-19(10-16)26-3/h4-10,17H,11-13H2,1-3H3,(H,22,25)/t17-/m1/s1. The van der Waals surface area contributed by atoms with Crippen molar-refractivity contribution in [1.29, 1.82) is 0 Å². The first-order valence-corrected chi connectivity index (χ1v) is 8.76. The van der Waals surface area contributed by atoms with Gasteiger partial charge in [0, 0.05) is 25.2 Å². The predicted octanol–water partition coefficient (Wildman–Crippen LogP) is 2.98. The molecule has 0 aromatic heterocycles. The molecule has 5 heteroatoms. The zero-order chi connectivity index (χ0) is 18.7. The van der Waals surface area contributed by atoms with Crippen molar-refractivity contribution in [2.75, 3.05) is 18.6 Å². The van der Waals surface area contributed by atoms with Gasteiger partial charge in [-0.3, -0.25) is 9.59 Å². The fourth-order valence-electron chi connectivity index (χ4n) is 3.14. The molecule has 136 valence electrons. The van der Waals surface area contributed by atoms with Crippen molar-refractivity contribution in [3.05, 3.63) is 59.2 Å². The molecule has 1 heterocycles. The van der Waals surface area contributed by atoms with Crippen LogP contribution in [0.2, 0.25) is 0 Å². The molecular formula is C21H24N2O3. The maximum atomic E-state index is 12.5. The summed E-state index contributed by atoms with van der Waals surface area (Å²) in [6.45, 7) is 4.91. The van der Waals surface area contributed by atoms with Gasteiger partial charge in [-0.05, 0) is 54.8 Å². The summed E-state index contributed by atoms with van der Waals surface area (Å²) in [6.07, 6.45) is 0.247. The highest BCUT2D eigenvalue weighted by atomic mass is 16.5. The second-order valence-corrected chi connectivity index (χ2v) is 6.74. The van der Waals surface area contributed by atoms with Gasteiger partial charge in [0.15, 0.2) is 0 Å². The lowest BCUT2D eigenvalue weighted by Gasteiger charge is -2.18. The number of nitrogens with one attached hydrogen (secondary N) is 1. The molecule has 1 fully saturated rings. The first-order valence-electron chi connectivity index (χ1n) is 8.76. The third kappa shape index (κ3) is 3.87. The highest BCUT2D eigenvalue weighted by Gasteiger charge is 2.35. The zero-order valence-corrected chi connectivity index (χ0v) is 15.4. The van der Waals surface area contributed by atoms with Crippen molar-refractivity contribution < 1.29 is 14.3 Å². The van der Waals surface area contributed by atoms with Crippen molar-refractivity contribution in [2.24, 2.45) is 5.92 Å². The van der Waals surface area contributed by atoms with Crippen LogP contribution in [0.5, 0.6) is 5.75 Å². The predicted molar refractivity (Wildman–Crippen MR) is 101 cm³/mol. The van der Waals surface area contributed by atoms with Gasteiger partial charge in [-0.15, -0.1) is 0 Å². The van der Waals surface area contributed by atoms with Crippen LogP contribution < -0.4 is 15.0 Å². The Kier molecular flexibility index (Phi) is 5.26. The maximum absolute atomic E-state index is 12.5. The van der Waals surface area contributed by atoms with Gasteiger partial charge in [-0.25, -0.2) is 0 Å². The molecule has 2 aromatic carbocycles. The Morgan fingerprint density at radius 1 is 1.19 bits per heavy atom. The molecule has 1 atom stereocenters. The van der Waals surface area contributed by atoms with Crippen molar-refractivity contribution in [3.8, 4) is 5.75 Å². The van der Waals surface area contributed by atoms with E-state index in [0.717, 1.165) is 22.6 Å². The second-order valence-electron chi connectivity index (χ2n) is 6.74. The molecule has 26 heavy (non-hydrogen) atoms. The molecule has 0 aliphatic carbocycles. The number of rotatable bonds is 5. The molecule has 1 saturated heterocycles. The number of carbonyl (C=O) groups excluding carboxylic acids is 2. The molecule has 1 aliphatic heterocycles. The van der Waals surface area contributed by atoms with Crippen LogP contribution in [0.4, 0.5) is 5.69 Å². The summed E-state index contributed by atoms with van der Waals surface area (Å²) in [5, 5.41) is 2.93. The van der Waals surface area contributed by atoms with Crippen LogP contribution in [-0.4, -0.2) is 25.5 Å². The molecule has 0 unspecified atom stereocenters. The smallest absolute Gasteiger partial charge is 0.227 e. The average molecular weight is 352 g/mol. The number of amides is 2. The Labute approximate surface area is 154 Å². The molecule has 0 bridgehead atoms. The van der Waals surface area contributed by atoms with Gasteiger partial charge in [0.2, 0.25) is 11.8 Å². The third-order valence-corrected chi connectivity index (χ3v) is 4.90. The van der Waals surface area contributed by atoms with E-state index >= 15 is 0 Å². The van der Waals surface area contributed by atoms with Crippen molar-refractivity contribution in [1.82, 2.24) is 5.32 Å². The minimum absolute atomic E-state index is 0.00483. The highest BCUT2D eigenvalue weighted by molar-refractivity contribution is 6.00. The number of methoxy groups -OCH3 is 1. The van der Waals surface area contributed by atoms with E-state index in [0.29, 0.717) is 13.1 Å². The Morgan fingerprint density at radius 3 is 2.73 bits per heavy atom. The van der Waals surface area contributed by atoms with Crippen LogP contribution in [0.3, 0.4) is 0 Å². The van der Waals surface area contributed by atoms with Crippen LogP contribution in [0.15, 0.2) is 42.5 Å². The average Bonchev–Trinajstić information content (AvgIpc) is 3.04. The van der Waals surface area contributed by atoms with Gasteiger partial charge in [0.1, 0.15) is 5.75 Å². The summed E-state index contributed by atoms with van der Waals surface area (Å²) in [6, 6.07) is 13.5. The molecule has 0 spiro atoms. The number of hydrogen-bond acceptors (Lipinski definition) is 3. The van der Waals surface area contributed by atoms with E-state index < -0.39 is 0 Å². The van der Waals surface area contributed by atoms with Crippen LogP contribution in [0, 0.1) is 19.8 Å². The molecule has 2 amide bonds. The number of ether oxygens (including phenoxy) is 1. The Hall–Kier alpha value is -2.82. The molecule has 2 aromatic rings. The second kappa shape index (κ2) is 7.60. The number of aryl methyl sites for hydroxylation is 2. The molecule has 1 aliphatic rings. The molecule has 0 saturated carbocycles. The lowest BCUT2D eigenvalue weighted by molar-refractivity contribution is -0.126. The summed E-state index contributed by atoms with van der Waals surface area (Å²) in [5.74, 6) is 0.339. The molecular weight excluding hydrogens is 328 g/mol. The Morgan fingerprint density at radius 2 is 2.00 bits per heavy atom. The largest absolute Gasteiger partial charge is 0.497 e. The van der Waals surface area contributed by atoms with Crippen LogP contribution in [-0.2, 0) is 16.1 Å². The summed E-state index contributed by atoms with van der Waals surface area (Å²) in [7, 11) is 1.61. The van der Waals surface area contributed by atoms with Gasteiger partial charge in [0.05, 0.1) is 13.0 Å². The van der Waals surface area contributed by atoms with Crippen LogP contribution in [0.25, 0.3) is 0 Å². The minimum atomic E-state index is -0.324. The van der Waals surface area contributed by atoms with Crippen molar-refractivity contribution in [3.63, 3.8) is 0 Å². The van der Waals surface area contributed by atoms with Gasteiger partial charge in [-0.2, -0.15) is 0 Å². The van der Waals surface area contributed by atoms with Gasteiger partial charge >= 0.3 is 0 Å². The van der Waals surface area contributed by atoms with Crippen LogP contribution in [0.1, 0.15) is 23.1 Å².